The summed E-state index contributed by atoms with van der Waals surface area (Å²) in [5.74, 6) is 2.49. The second-order valence-electron chi connectivity index (χ2n) is 4.79. The van der Waals surface area contributed by atoms with E-state index in [9.17, 15) is 0 Å². The zero-order chi connectivity index (χ0) is 13.9. The Bertz CT molecular complexity index is 725. The van der Waals surface area contributed by atoms with Crippen LogP contribution in [0.5, 0.6) is 5.75 Å². The average Bonchev–Trinajstić information content (AvgIpc) is 2.85. The summed E-state index contributed by atoms with van der Waals surface area (Å²) in [6.07, 6.45) is 0. The van der Waals surface area contributed by atoms with Gasteiger partial charge in [-0.25, -0.2) is 0 Å². The molecule has 3 heteroatoms. The Morgan fingerprint density at radius 3 is 2.70 bits per heavy atom. The van der Waals surface area contributed by atoms with Gasteiger partial charge in [-0.2, -0.15) is 0 Å². The minimum atomic E-state index is 0.412. The number of hydrogen-bond acceptors (Lipinski definition) is 3. The first-order valence-electron chi connectivity index (χ1n) is 6.67. The molecule has 0 spiro atoms. The lowest BCUT2D eigenvalue weighted by Gasteiger charge is -2.07. The normalized spacial score (nSPS) is 10.9. The molecule has 0 unspecified atom stereocenters. The van der Waals surface area contributed by atoms with Crippen molar-refractivity contribution < 1.29 is 9.15 Å². The minimum Gasteiger partial charge on any atom is -0.485 e. The van der Waals surface area contributed by atoms with Gasteiger partial charge in [-0.15, -0.1) is 0 Å². The first-order chi connectivity index (χ1) is 9.78. The standard InChI is InChI=1S/C17H17NO2/c1-12-9-14(20-17(12)10-18)11-19-16-8-4-6-13-5-2-3-7-15(13)16/h2-9H,10-11,18H2,1H3. The lowest BCUT2D eigenvalue weighted by atomic mass is 10.1. The highest BCUT2D eigenvalue weighted by molar-refractivity contribution is 5.88. The predicted molar refractivity (Wildman–Crippen MR) is 79.6 cm³/mol. The molecule has 102 valence electrons. The van der Waals surface area contributed by atoms with Crippen molar-refractivity contribution in [2.75, 3.05) is 0 Å². The van der Waals surface area contributed by atoms with Crippen LogP contribution in [0.2, 0.25) is 0 Å². The van der Waals surface area contributed by atoms with Gasteiger partial charge in [-0.05, 0) is 30.0 Å². The van der Waals surface area contributed by atoms with Gasteiger partial charge in [0.15, 0.2) is 0 Å². The van der Waals surface area contributed by atoms with Crippen LogP contribution in [0.15, 0.2) is 52.9 Å². The van der Waals surface area contributed by atoms with Gasteiger partial charge in [-0.1, -0.05) is 36.4 Å². The summed E-state index contributed by atoms with van der Waals surface area (Å²) < 4.78 is 11.5. The highest BCUT2D eigenvalue weighted by Crippen LogP contribution is 2.26. The molecule has 1 aromatic heterocycles. The number of rotatable bonds is 4. The van der Waals surface area contributed by atoms with Gasteiger partial charge in [0, 0.05) is 5.39 Å². The Morgan fingerprint density at radius 1 is 1.10 bits per heavy atom. The third kappa shape index (κ3) is 2.40. The Balaban J connectivity index is 1.83. The molecule has 0 fully saturated rings. The number of furan rings is 1. The molecule has 0 bridgehead atoms. The summed E-state index contributed by atoms with van der Waals surface area (Å²) in [6.45, 7) is 2.82. The molecular formula is C17H17NO2. The SMILES string of the molecule is Cc1cc(COc2cccc3ccccc23)oc1CN. The van der Waals surface area contributed by atoms with E-state index >= 15 is 0 Å². The van der Waals surface area contributed by atoms with Crippen LogP contribution < -0.4 is 10.5 Å². The van der Waals surface area contributed by atoms with Crippen molar-refractivity contribution in [3.05, 3.63) is 65.6 Å². The largest absolute Gasteiger partial charge is 0.485 e. The molecular weight excluding hydrogens is 250 g/mol. The second kappa shape index (κ2) is 5.39. The molecule has 0 saturated carbocycles. The molecule has 0 amide bonds. The smallest absolute Gasteiger partial charge is 0.146 e. The predicted octanol–water partition coefficient (Wildman–Crippen LogP) is 3.78. The fourth-order valence-corrected chi connectivity index (χ4v) is 2.33. The van der Waals surface area contributed by atoms with Gasteiger partial charge in [0.2, 0.25) is 0 Å². The van der Waals surface area contributed by atoms with Crippen molar-refractivity contribution in [3.63, 3.8) is 0 Å². The summed E-state index contributed by atoms with van der Waals surface area (Å²) >= 11 is 0. The first-order valence-corrected chi connectivity index (χ1v) is 6.67. The van der Waals surface area contributed by atoms with Crippen LogP contribution in [0.25, 0.3) is 10.8 Å². The first kappa shape index (κ1) is 12.8. The third-order valence-electron chi connectivity index (χ3n) is 3.38. The van der Waals surface area contributed by atoms with Crippen LogP contribution in [-0.4, -0.2) is 0 Å². The van der Waals surface area contributed by atoms with Gasteiger partial charge in [-0.3, -0.25) is 0 Å². The van der Waals surface area contributed by atoms with Gasteiger partial charge < -0.3 is 14.9 Å². The summed E-state index contributed by atoms with van der Waals surface area (Å²) in [7, 11) is 0. The Labute approximate surface area is 118 Å². The van der Waals surface area contributed by atoms with Gasteiger partial charge >= 0.3 is 0 Å². The van der Waals surface area contributed by atoms with Crippen molar-refractivity contribution in [3.8, 4) is 5.75 Å². The molecule has 3 rings (SSSR count). The monoisotopic (exact) mass is 267 g/mol. The van der Waals surface area contributed by atoms with Crippen molar-refractivity contribution >= 4 is 10.8 Å². The second-order valence-corrected chi connectivity index (χ2v) is 4.79. The maximum absolute atomic E-state index is 5.88. The molecule has 20 heavy (non-hydrogen) atoms. The molecule has 3 nitrogen and oxygen atoms in total. The molecule has 2 aromatic carbocycles. The van der Waals surface area contributed by atoms with E-state index in [1.165, 1.54) is 5.39 Å². The zero-order valence-corrected chi connectivity index (χ0v) is 11.4. The van der Waals surface area contributed by atoms with E-state index < -0.39 is 0 Å². The molecule has 0 radical (unpaired) electrons. The van der Waals surface area contributed by atoms with Crippen LogP contribution >= 0.6 is 0 Å². The number of ether oxygens (including phenoxy) is 1. The van der Waals surface area contributed by atoms with Crippen LogP contribution in [0.4, 0.5) is 0 Å². The molecule has 0 saturated heterocycles. The summed E-state index contributed by atoms with van der Waals surface area (Å²) in [4.78, 5) is 0. The molecule has 0 aliphatic rings. The third-order valence-corrected chi connectivity index (χ3v) is 3.38. The lowest BCUT2D eigenvalue weighted by Crippen LogP contribution is -1.96. The maximum Gasteiger partial charge on any atom is 0.146 e. The highest BCUT2D eigenvalue weighted by Gasteiger charge is 2.07. The Morgan fingerprint density at radius 2 is 1.90 bits per heavy atom. The van der Waals surface area contributed by atoms with E-state index in [1.807, 2.05) is 37.3 Å². The fourth-order valence-electron chi connectivity index (χ4n) is 2.33. The number of benzene rings is 2. The van der Waals surface area contributed by atoms with E-state index in [-0.39, 0.29) is 0 Å². The number of hydrogen-bond donors (Lipinski definition) is 1. The zero-order valence-electron chi connectivity index (χ0n) is 11.4. The van der Waals surface area contributed by atoms with Gasteiger partial charge in [0.25, 0.3) is 0 Å². The quantitative estimate of drug-likeness (QED) is 0.782. The lowest BCUT2D eigenvalue weighted by molar-refractivity contribution is 0.269. The topological polar surface area (TPSA) is 48.4 Å². The van der Waals surface area contributed by atoms with E-state index in [4.69, 9.17) is 14.9 Å². The molecule has 0 aliphatic carbocycles. The summed E-state index contributed by atoms with van der Waals surface area (Å²) in [5.41, 5.74) is 6.68. The molecule has 3 aromatic rings. The van der Waals surface area contributed by atoms with Crippen LogP contribution in [-0.2, 0) is 13.2 Å². The number of aryl methyl sites for hydroxylation is 1. The van der Waals surface area contributed by atoms with E-state index in [2.05, 4.69) is 18.2 Å². The van der Waals surface area contributed by atoms with Crippen LogP contribution in [0.1, 0.15) is 17.1 Å². The van der Waals surface area contributed by atoms with Crippen LogP contribution in [0, 0.1) is 6.92 Å². The number of nitrogens with two attached hydrogens (primary N) is 1. The van der Waals surface area contributed by atoms with Gasteiger partial charge in [0.1, 0.15) is 23.9 Å². The minimum absolute atomic E-state index is 0.412. The molecule has 0 atom stereocenters. The maximum atomic E-state index is 5.88. The molecule has 0 aliphatic heterocycles. The van der Waals surface area contributed by atoms with Crippen LogP contribution in [0.3, 0.4) is 0 Å². The van der Waals surface area contributed by atoms with Crippen molar-refractivity contribution in [1.82, 2.24) is 0 Å². The van der Waals surface area contributed by atoms with Crippen molar-refractivity contribution in [2.45, 2.75) is 20.1 Å². The Kier molecular flexibility index (Phi) is 3.44. The fraction of sp³-hybridized carbons (Fsp3) is 0.176. The van der Waals surface area contributed by atoms with E-state index in [1.54, 1.807) is 0 Å². The number of fused-ring (bicyclic) bond motifs is 1. The van der Waals surface area contributed by atoms with Crippen molar-refractivity contribution in [2.24, 2.45) is 5.73 Å². The molecule has 1 heterocycles. The van der Waals surface area contributed by atoms with E-state index in [0.29, 0.717) is 13.2 Å². The van der Waals surface area contributed by atoms with Gasteiger partial charge in [0.05, 0.1) is 6.54 Å². The Hall–Kier alpha value is -2.26. The van der Waals surface area contributed by atoms with E-state index in [0.717, 1.165) is 28.2 Å². The molecule has 2 N–H and O–H groups in total. The van der Waals surface area contributed by atoms with Crippen molar-refractivity contribution in [1.29, 1.82) is 0 Å². The average molecular weight is 267 g/mol. The highest BCUT2D eigenvalue weighted by atomic mass is 16.5. The summed E-state index contributed by atoms with van der Waals surface area (Å²) in [6, 6.07) is 16.2. The summed E-state index contributed by atoms with van der Waals surface area (Å²) in [5, 5.41) is 2.28.